The Balaban J connectivity index is 3.00. The quantitative estimate of drug-likeness (QED) is 0.572. The number of aliphatic hydroxyl groups is 1. The molecular weight excluding hydrogens is 239 g/mol. The van der Waals surface area contributed by atoms with Crippen molar-refractivity contribution in [1.82, 2.24) is 0 Å². The molecule has 1 atom stereocenters. The smallest absolute Gasteiger partial charge is 0.0431 e. The van der Waals surface area contributed by atoms with E-state index in [1.54, 1.807) is 0 Å². The molecule has 0 aromatic carbocycles. The lowest BCUT2D eigenvalue weighted by atomic mass is 10.0. The van der Waals surface area contributed by atoms with Gasteiger partial charge in [0.25, 0.3) is 0 Å². The number of aliphatic hydroxyl groups excluding tert-OH is 1. The molecule has 0 saturated carbocycles. The summed E-state index contributed by atoms with van der Waals surface area (Å²) < 4.78 is 1.27. The van der Waals surface area contributed by atoms with Gasteiger partial charge in [-0.25, -0.2) is 0 Å². The maximum absolute atomic E-state index is 8.54. The molecule has 0 aromatic rings. The summed E-state index contributed by atoms with van der Waals surface area (Å²) in [6.07, 6.45) is 4.81. The number of hydrogen-bond acceptors (Lipinski definition) is 1. The molecule has 2 heteroatoms. The average molecular weight is 256 g/mol. The highest BCUT2D eigenvalue weighted by Gasteiger charge is 1.99. The lowest BCUT2D eigenvalue weighted by molar-refractivity contribution is 0.271. The highest BCUT2D eigenvalue weighted by atomic mass is 127. The van der Waals surface area contributed by atoms with Crippen LogP contribution < -0.4 is 0 Å². The van der Waals surface area contributed by atoms with Gasteiger partial charge in [-0.15, -0.1) is 0 Å². The average Bonchev–Trinajstić information content (AvgIpc) is 1.97. The molecule has 0 rings (SSSR count). The van der Waals surface area contributed by atoms with Gasteiger partial charge in [0.15, 0.2) is 0 Å². The minimum atomic E-state index is 0.356. The zero-order valence-electron chi connectivity index (χ0n) is 6.65. The van der Waals surface area contributed by atoms with Crippen molar-refractivity contribution >= 4 is 22.6 Å². The topological polar surface area (TPSA) is 20.2 Å². The fourth-order valence-electron chi connectivity index (χ4n) is 1.01. The van der Waals surface area contributed by atoms with Crippen LogP contribution >= 0.6 is 22.6 Å². The highest BCUT2D eigenvalue weighted by molar-refractivity contribution is 14.1. The Hall–Kier alpha value is 0.690. The zero-order chi connectivity index (χ0) is 7.82. The van der Waals surface area contributed by atoms with Crippen LogP contribution in [0, 0.1) is 5.92 Å². The van der Waals surface area contributed by atoms with Gasteiger partial charge in [-0.2, -0.15) is 0 Å². The van der Waals surface area contributed by atoms with E-state index in [4.69, 9.17) is 5.11 Å². The second-order valence-electron chi connectivity index (χ2n) is 2.80. The van der Waals surface area contributed by atoms with Crippen molar-refractivity contribution in [2.45, 2.75) is 32.6 Å². The Morgan fingerprint density at radius 1 is 1.30 bits per heavy atom. The molecule has 0 aliphatic rings. The standard InChI is InChI=1S/C8H17IO/c1-8(4-2-6-9)5-3-7-10/h8,10H,2-7H2,1H3/t8-/m1/s1. The van der Waals surface area contributed by atoms with Gasteiger partial charge < -0.3 is 5.11 Å². The summed E-state index contributed by atoms with van der Waals surface area (Å²) in [6.45, 7) is 2.62. The fraction of sp³-hybridized carbons (Fsp3) is 1.00. The minimum Gasteiger partial charge on any atom is -0.396 e. The van der Waals surface area contributed by atoms with Crippen LogP contribution in [0.15, 0.2) is 0 Å². The predicted molar refractivity (Wildman–Crippen MR) is 53.6 cm³/mol. The van der Waals surface area contributed by atoms with Crippen molar-refractivity contribution < 1.29 is 5.11 Å². The highest BCUT2D eigenvalue weighted by Crippen LogP contribution is 2.12. The summed E-state index contributed by atoms with van der Waals surface area (Å²) in [6, 6.07) is 0. The molecule has 10 heavy (non-hydrogen) atoms. The lowest BCUT2D eigenvalue weighted by Gasteiger charge is -2.07. The van der Waals surface area contributed by atoms with Gasteiger partial charge in [-0.05, 0) is 36.0 Å². The summed E-state index contributed by atoms with van der Waals surface area (Å²) in [5.41, 5.74) is 0. The monoisotopic (exact) mass is 256 g/mol. The van der Waals surface area contributed by atoms with E-state index in [-0.39, 0.29) is 0 Å². The normalized spacial score (nSPS) is 13.5. The van der Waals surface area contributed by atoms with Crippen molar-refractivity contribution in [3.63, 3.8) is 0 Å². The Morgan fingerprint density at radius 2 is 1.90 bits per heavy atom. The van der Waals surface area contributed by atoms with Crippen LogP contribution in [0.3, 0.4) is 0 Å². The summed E-state index contributed by atoms with van der Waals surface area (Å²) >= 11 is 2.41. The van der Waals surface area contributed by atoms with Gasteiger partial charge in [-0.1, -0.05) is 29.5 Å². The number of hydrogen-bond donors (Lipinski definition) is 1. The van der Waals surface area contributed by atoms with Crippen molar-refractivity contribution in [3.8, 4) is 0 Å². The van der Waals surface area contributed by atoms with Gasteiger partial charge in [0.2, 0.25) is 0 Å². The van der Waals surface area contributed by atoms with Gasteiger partial charge in [0.1, 0.15) is 0 Å². The zero-order valence-corrected chi connectivity index (χ0v) is 8.80. The first-order valence-electron chi connectivity index (χ1n) is 3.98. The van der Waals surface area contributed by atoms with E-state index >= 15 is 0 Å². The van der Waals surface area contributed by atoms with E-state index in [0.29, 0.717) is 6.61 Å². The summed E-state index contributed by atoms with van der Waals surface area (Å²) in [4.78, 5) is 0. The number of halogens is 1. The molecule has 1 nitrogen and oxygen atoms in total. The summed E-state index contributed by atoms with van der Waals surface area (Å²) in [5, 5.41) is 8.54. The fourth-order valence-corrected chi connectivity index (χ4v) is 1.45. The van der Waals surface area contributed by atoms with E-state index < -0.39 is 0 Å². The molecule has 0 aliphatic carbocycles. The van der Waals surface area contributed by atoms with Crippen LogP contribution in [0.25, 0.3) is 0 Å². The Kier molecular flexibility index (Phi) is 8.33. The third kappa shape index (κ3) is 6.81. The van der Waals surface area contributed by atoms with Crippen LogP contribution in [0.1, 0.15) is 32.6 Å². The first-order chi connectivity index (χ1) is 4.81. The lowest BCUT2D eigenvalue weighted by Crippen LogP contribution is -1.96. The Morgan fingerprint density at radius 3 is 2.40 bits per heavy atom. The van der Waals surface area contributed by atoms with Crippen LogP contribution in [0.4, 0.5) is 0 Å². The van der Waals surface area contributed by atoms with Crippen molar-refractivity contribution in [2.24, 2.45) is 5.92 Å². The summed E-state index contributed by atoms with van der Waals surface area (Å²) in [7, 11) is 0. The SMILES string of the molecule is C[C@@H](CCCO)CCCI. The third-order valence-electron chi connectivity index (χ3n) is 1.69. The van der Waals surface area contributed by atoms with Crippen molar-refractivity contribution in [1.29, 1.82) is 0 Å². The van der Waals surface area contributed by atoms with Crippen LogP contribution in [-0.4, -0.2) is 16.1 Å². The molecule has 0 fully saturated rings. The van der Waals surface area contributed by atoms with Gasteiger partial charge >= 0.3 is 0 Å². The molecular formula is C8H17IO. The molecule has 0 saturated heterocycles. The van der Waals surface area contributed by atoms with Crippen LogP contribution in [0.2, 0.25) is 0 Å². The minimum absolute atomic E-state index is 0.356. The molecule has 62 valence electrons. The van der Waals surface area contributed by atoms with Gasteiger partial charge in [-0.3, -0.25) is 0 Å². The third-order valence-corrected chi connectivity index (χ3v) is 2.45. The second kappa shape index (κ2) is 7.79. The van der Waals surface area contributed by atoms with Gasteiger partial charge in [0.05, 0.1) is 0 Å². The van der Waals surface area contributed by atoms with E-state index in [2.05, 4.69) is 29.5 Å². The largest absolute Gasteiger partial charge is 0.396 e. The maximum Gasteiger partial charge on any atom is 0.0431 e. The predicted octanol–water partition coefficient (Wildman–Crippen LogP) is 2.61. The maximum atomic E-state index is 8.54. The second-order valence-corrected chi connectivity index (χ2v) is 3.88. The molecule has 0 heterocycles. The molecule has 1 N–H and O–H groups in total. The molecule has 0 spiro atoms. The van der Waals surface area contributed by atoms with Crippen molar-refractivity contribution in [3.05, 3.63) is 0 Å². The van der Waals surface area contributed by atoms with Crippen molar-refractivity contribution in [2.75, 3.05) is 11.0 Å². The number of alkyl halides is 1. The van der Waals surface area contributed by atoms with Crippen LogP contribution in [0.5, 0.6) is 0 Å². The summed E-state index contributed by atoms with van der Waals surface area (Å²) in [5.74, 6) is 0.807. The van der Waals surface area contributed by atoms with E-state index in [1.165, 1.54) is 23.7 Å². The molecule has 0 aliphatic heterocycles. The van der Waals surface area contributed by atoms with Gasteiger partial charge in [0, 0.05) is 6.61 Å². The van der Waals surface area contributed by atoms with E-state index in [0.717, 1.165) is 12.3 Å². The van der Waals surface area contributed by atoms with E-state index in [9.17, 15) is 0 Å². The van der Waals surface area contributed by atoms with E-state index in [1.807, 2.05) is 0 Å². The first-order valence-corrected chi connectivity index (χ1v) is 5.50. The Bertz CT molecular complexity index is 58.3. The molecule has 0 aromatic heterocycles. The molecule has 0 unspecified atom stereocenters. The molecule has 0 radical (unpaired) electrons. The van der Waals surface area contributed by atoms with Crippen LogP contribution in [-0.2, 0) is 0 Å². The molecule has 0 bridgehead atoms. The number of rotatable bonds is 6. The molecule has 0 amide bonds. The first kappa shape index (κ1) is 10.7. The Labute approximate surface area is 77.3 Å².